The van der Waals surface area contributed by atoms with Gasteiger partial charge in [0.1, 0.15) is 11.0 Å². The van der Waals surface area contributed by atoms with E-state index in [9.17, 15) is 9.90 Å². The number of esters is 1. The van der Waals surface area contributed by atoms with Crippen molar-refractivity contribution in [1.82, 2.24) is 15.2 Å². The van der Waals surface area contributed by atoms with Gasteiger partial charge in [0.2, 0.25) is 5.16 Å². The number of aromatic hydroxyl groups is 1. The van der Waals surface area contributed by atoms with E-state index in [0.717, 1.165) is 0 Å². The van der Waals surface area contributed by atoms with Gasteiger partial charge in [-0.05, 0) is 18.1 Å². The number of nitrogens with one attached hydrogen (secondary N) is 1. The number of rotatable bonds is 5. The highest BCUT2D eigenvalue weighted by atomic mass is 32.2. The van der Waals surface area contributed by atoms with Crippen molar-refractivity contribution in [2.24, 2.45) is 5.92 Å². The molecule has 0 aliphatic carbocycles. The number of para-hydroxylation sites is 1. The minimum Gasteiger partial charge on any atom is -0.507 e. The van der Waals surface area contributed by atoms with E-state index in [4.69, 9.17) is 4.74 Å². The monoisotopic (exact) mass is 307 g/mol. The number of hydrogen-bond acceptors (Lipinski definition) is 6. The summed E-state index contributed by atoms with van der Waals surface area (Å²) in [5.74, 6) is 0.375. The predicted molar refractivity (Wildman–Crippen MR) is 80.0 cm³/mol. The first kappa shape index (κ1) is 15.4. The zero-order valence-electron chi connectivity index (χ0n) is 12.0. The van der Waals surface area contributed by atoms with Crippen molar-refractivity contribution in [1.29, 1.82) is 0 Å². The molecule has 2 N–H and O–H groups in total. The van der Waals surface area contributed by atoms with Gasteiger partial charge in [0, 0.05) is 0 Å². The molecule has 0 fully saturated rings. The molecule has 0 spiro atoms. The highest BCUT2D eigenvalue weighted by Gasteiger charge is 2.26. The summed E-state index contributed by atoms with van der Waals surface area (Å²) >= 11 is 1.24. The predicted octanol–water partition coefficient (Wildman–Crippen LogP) is 2.47. The van der Waals surface area contributed by atoms with Crippen LogP contribution in [-0.2, 0) is 9.53 Å². The van der Waals surface area contributed by atoms with E-state index in [1.165, 1.54) is 18.9 Å². The third-order valence-electron chi connectivity index (χ3n) is 2.90. The van der Waals surface area contributed by atoms with Crippen molar-refractivity contribution in [3.63, 3.8) is 0 Å². The Kier molecular flexibility index (Phi) is 4.85. The second-order valence-electron chi connectivity index (χ2n) is 4.79. The van der Waals surface area contributed by atoms with Gasteiger partial charge in [0.05, 0.1) is 12.7 Å². The Hall–Kier alpha value is -2.02. The van der Waals surface area contributed by atoms with Crippen LogP contribution in [0.4, 0.5) is 0 Å². The Morgan fingerprint density at radius 1 is 1.38 bits per heavy atom. The van der Waals surface area contributed by atoms with Crippen LogP contribution in [0.2, 0.25) is 0 Å². The Morgan fingerprint density at radius 3 is 2.71 bits per heavy atom. The third kappa shape index (κ3) is 3.55. The molecule has 1 heterocycles. The fourth-order valence-corrected chi connectivity index (χ4v) is 2.71. The summed E-state index contributed by atoms with van der Waals surface area (Å²) in [5.41, 5.74) is 0.566. The minimum atomic E-state index is -0.372. The molecule has 0 amide bonds. The molecule has 0 saturated heterocycles. The van der Waals surface area contributed by atoms with Crippen LogP contribution < -0.4 is 0 Å². The highest BCUT2D eigenvalue weighted by molar-refractivity contribution is 8.00. The van der Waals surface area contributed by atoms with E-state index in [2.05, 4.69) is 15.2 Å². The molecule has 0 aliphatic heterocycles. The van der Waals surface area contributed by atoms with Gasteiger partial charge in [-0.15, -0.1) is 5.10 Å². The van der Waals surface area contributed by atoms with Crippen molar-refractivity contribution < 1.29 is 14.6 Å². The van der Waals surface area contributed by atoms with Gasteiger partial charge >= 0.3 is 5.97 Å². The maximum Gasteiger partial charge on any atom is 0.319 e. The average Bonchev–Trinajstić information content (AvgIpc) is 2.92. The van der Waals surface area contributed by atoms with Crippen LogP contribution in [0, 0.1) is 5.92 Å². The number of hydrogen-bond donors (Lipinski definition) is 2. The fourth-order valence-electron chi connectivity index (χ4n) is 1.78. The van der Waals surface area contributed by atoms with Crippen LogP contribution in [0.3, 0.4) is 0 Å². The van der Waals surface area contributed by atoms with Gasteiger partial charge in [-0.2, -0.15) is 0 Å². The van der Waals surface area contributed by atoms with Gasteiger partial charge in [0.15, 0.2) is 5.82 Å². The lowest BCUT2D eigenvalue weighted by Crippen LogP contribution is -2.24. The molecule has 0 aliphatic rings. The normalized spacial score (nSPS) is 12.4. The second-order valence-corrected chi connectivity index (χ2v) is 5.90. The number of methoxy groups -OCH3 is 1. The summed E-state index contributed by atoms with van der Waals surface area (Å²) in [6.45, 7) is 3.87. The molecular formula is C14H17N3O3S. The van der Waals surface area contributed by atoms with E-state index >= 15 is 0 Å². The molecule has 0 radical (unpaired) electrons. The second kappa shape index (κ2) is 6.62. The van der Waals surface area contributed by atoms with E-state index < -0.39 is 0 Å². The highest BCUT2D eigenvalue weighted by Crippen LogP contribution is 2.30. The van der Waals surface area contributed by atoms with Crippen molar-refractivity contribution in [2.45, 2.75) is 24.3 Å². The van der Waals surface area contributed by atoms with E-state index in [1.54, 1.807) is 24.3 Å². The lowest BCUT2D eigenvalue weighted by Gasteiger charge is -2.15. The number of aromatic nitrogens is 3. The summed E-state index contributed by atoms with van der Waals surface area (Å²) in [6.07, 6.45) is 0. The van der Waals surface area contributed by atoms with Crippen LogP contribution in [-0.4, -0.2) is 38.6 Å². The SMILES string of the molecule is COC(=O)[C@H](Sc1n[nH]c(-c2ccccc2O)n1)C(C)C. The number of benzene rings is 1. The van der Waals surface area contributed by atoms with Gasteiger partial charge in [0.25, 0.3) is 0 Å². The molecule has 2 aromatic rings. The van der Waals surface area contributed by atoms with Gasteiger partial charge in [-0.3, -0.25) is 9.89 Å². The smallest absolute Gasteiger partial charge is 0.319 e. The van der Waals surface area contributed by atoms with Gasteiger partial charge in [-0.1, -0.05) is 37.7 Å². The molecule has 1 aromatic carbocycles. The van der Waals surface area contributed by atoms with E-state index in [-0.39, 0.29) is 22.9 Å². The average molecular weight is 307 g/mol. The van der Waals surface area contributed by atoms with Crippen LogP contribution in [0.15, 0.2) is 29.4 Å². The number of aromatic amines is 1. The lowest BCUT2D eigenvalue weighted by atomic mass is 10.1. The molecule has 21 heavy (non-hydrogen) atoms. The van der Waals surface area contributed by atoms with Gasteiger partial charge < -0.3 is 9.84 Å². The maximum absolute atomic E-state index is 11.7. The number of phenolic OH excluding ortho intramolecular Hbond substituents is 1. The largest absolute Gasteiger partial charge is 0.507 e. The summed E-state index contributed by atoms with van der Waals surface area (Å²) in [6, 6.07) is 6.85. The zero-order chi connectivity index (χ0) is 15.4. The van der Waals surface area contributed by atoms with E-state index in [1.807, 2.05) is 13.8 Å². The molecule has 7 heteroatoms. The first-order chi connectivity index (χ1) is 10.0. The molecule has 1 atom stereocenters. The Morgan fingerprint density at radius 2 is 2.10 bits per heavy atom. The number of thioether (sulfide) groups is 1. The van der Waals surface area contributed by atoms with Crippen molar-refractivity contribution >= 4 is 17.7 Å². The summed E-state index contributed by atoms with van der Waals surface area (Å²) in [5, 5.41) is 16.7. The van der Waals surface area contributed by atoms with Crippen LogP contribution in [0.25, 0.3) is 11.4 Å². The number of carbonyl (C=O) groups is 1. The molecular weight excluding hydrogens is 290 g/mol. The minimum absolute atomic E-state index is 0.0922. The molecule has 0 bridgehead atoms. The number of carbonyl (C=O) groups excluding carboxylic acids is 1. The number of ether oxygens (including phenoxy) is 1. The van der Waals surface area contributed by atoms with Gasteiger partial charge in [-0.25, -0.2) is 4.98 Å². The number of phenols is 1. The van der Waals surface area contributed by atoms with Crippen LogP contribution in [0.1, 0.15) is 13.8 Å². The molecule has 0 saturated carbocycles. The Balaban J connectivity index is 2.20. The number of nitrogens with zero attached hydrogens (tertiary/aromatic N) is 2. The lowest BCUT2D eigenvalue weighted by molar-refractivity contribution is -0.140. The van der Waals surface area contributed by atoms with E-state index in [0.29, 0.717) is 16.5 Å². The molecule has 112 valence electrons. The standard InChI is InChI=1S/C14H17N3O3S/c1-8(2)11(13(19)20-3)21-14-15-12(16-17-14)9-6-4-5-7-10(9)18/h4-8,11,18H,1-3H3,(H,15,16,17)/t11-/m1/s1. The maximum atomic E-state index is 11.7. The first-order valence-corrected chi connectivity index (χ1v) is 7.36. The topological polar surface area (TPSA) is 88.1 Å². The van der Waals surface area contributed by atoms with Crippen molar-refractivity contribution in [3.05, 3.63) is 24.3 Å². The fraction of sp³-hybridized carbons (Fsp3) is 0.357. The molecule has 1 aromatic heterocycles. The Labute approximate surface area is 126 Å². The number of H-pyrrole nitrogens is 1. The molecule has 2 rings (SSSR count). The molecule has 0 unspecified atom stereocenters. The Bertz CT molecular complexity index is 627. The van der Waals surface area contributed by atoms with Crippen molar-refractivity contribution in [2.75, 3.05) is 7.11 Å². The summed E-state index contributed by atoms with van der Waals surface area (Å²) in [7, 11) is 1.36. The summed E-state index contributed by atoms with van der Waals surface area (Å²) in [4.78, 5) is 16.0. The third-order valence-corrected chi connectivity index (χ3v) is 4.28. The summed E-state index contributed by atoms with van der Waals surface area (Å²) < 4.78 is 4.79. The van der Waals surface area contributed by atoms with Crippen molar-refractivity contribution in [3.8, 4) is 17.1 Å². The first-order valence-electron chi connectivity index (χ1n) is 6.48. The quantitative estimate of drug-likeness (QED) is 0.651. The zero-order valence-corrected chi connectivity index (χ0v) is 12.8. The van der Waals surface area contributed by atoms with Crippen LogP contribution in [0.5, 0.6) is 5.75 Å². The molecule has 6 nitrogen and oxygen atoms in total. The van der Waals surface area contributed by atoms with Crippen LogP contribution >= 0.6 is 11.8 Å².